The average Bonchev–Trinajstić information content (AvgIpc) is 3.04. The summed E-state index contributed by atoms with van der Waals surface area (Å²) in [5, 5.41) is 27.4. The molecule has 2 aromatic carbocycles. The molecule has 2 aromatic rings. The summed E-state index contributed by atoms with van der Waals surface area (Å²) in [6.07, 6.45) is 1.31. The van der Waals surface area contributed by atoms with Crippen molar-refractivity contribution in [3.63, 3.8) is 0 Å². The Morgan fingerprint density at radius 3 is 2.57 bits per heavy atom. The minimum absolute atomic E-state index is 0.0749. The van der Waals surface area contributed by atoms with Crippen LogP contribution in [-0.4, -0.2) is 44.2 Å². The Kier molecular flexibility index (Phi) is 6.23. The van der Waals surface area contributed by atoms with E-state index < -0.39 is 21.2 Å². The molecule has 3 rings (SSSR count). The Morgan fingerprint density at radius 2 is 1.97 bits per heavy atom. The summed E-state index contributed by atoms with van der Waals surface area (Å²) >= 11 is 6.25. The second-order valence-electron chi connectivity index (χ2n) is 5.65. The molecule has 11 nitrogen and oxygen atoms in total. The molecule has 0 bridgehead atoms. The number of benzene rings is 2. The fourth-order valence-electron chi connectivity index (χ4n) is 2.44. The van der Waals surface area contributed by atoms with E-state index in [9.17, 15) is 25.0 Å². The number of hydrogen-bond acceptors (Lipinski definition) is 10. The third-order valence-corrected chi connectivity index (χ3v) is 5.17. The Labute approximate surface area is 178 Å². The van der Waals surface area contributed by atoms with Crippen molar-refractivity contribution in [3.8, 4) is 17.2 Å². The summed E-state index contributed by atoms with van der Waals surface area (Å²) in [7, 11) is 1.38. The van der Waals surface area contributed by atoms with Crippen LogP contribution in [0.15, 0.2) is 41.5 Å². The third-order valence-electron chi connectivity index (χ3n) is 3.83. The number of hydrazone groups is 1. The van der Waals surface area contributed by atoms with Gasteiger partial charge in [0.1, 0.15) is 0 Å². The van der Waals surface area contributed by atoms with Crippen LogP contribution in [0.1, 0.15) is 5.56 Å². The van der Waals surface area contributed by atoms with E-state index in [1.807, 2.05) is 0 Å². The zero-order valence-electron chi connectivity index (χ0n) is 15.2. The smallest absolute Gasteiger partial charge is 0.318 e. The van der Waals surface area contributed by atoms with Gasteiger partial charge in [-0.15, -0.1) is 0 Å². The normalized spacial score (nSPS) is 13.7. The van der Waals surface area contributed by atoms with Crippen LogP contribution in [0.3, 0.4) is 0 Å². The highest BCUT2D eigenvalue weighted by molar-refractivity contribution is 8.23. The number of non-ortho nitro benzene ring substituents is 1. The van der Waals surface area contributed by atoms with Crippen LogP contribution in [0, 0.1) is 20.2 Å². The molecule has 0 aromatic heterocycles. The lowest BCUT2D eigenvalue weighted by Gasteiger charge is -2.13. The lowest BCUT2D eigenvalue weighted by atomic mass is 10.2. The fourth-order valence-corrected chi connectivity index (χ4v) is 3.41. The van der Waals surface area contributed by atoms with Gasteiger partial charge in [-0.25, -0.2) is 0 Å². The van der Waals surface area contributed by atoms with Crippen molar-refractivity contribution in [3.05, 3.63) is 62.2 Å². The van der Waals surface area contributed by atoms with Gasteiger partial charge in [-0.2, -0.15) is 10.1 Å². The first-order valence-corrected chi connectivity index (χ1v) is 9.52. The Hall–Kier alpha value is -3.58. The maximum Gasteiger partial charge on any atom is 0.318 e. The molecule has 1 aliphatic rings. The quantitative estimate of drug-likeness (QED) is 0.269. The van der Waals surface area contributed by atoms with Crippen LogP contribution in [0.4, 0.5) is 11.4 Å². The monoisotopic (exact) mass is 448 g/mol. The highest BCUT2D eigenvalue weighted by Gasteiger charge is 2.27. The van der Waals surface area contributed by atoms with Crippen LogP contribution in [-0.2, 0) is 4.79 Å². The standard InChI is InChI=1S/C17H12N4O7S2/c1-27-14-4-2-3-10(8-18-19-15(22)9-30-17(19)29)16(14)28-13-6-5-11(20(23)24)7-12(13)21(25)26/h2-8H,9H2,1H3/b18-8+. The fraction of sp³-hybridized carbons (Fsp3) is 0.118. The van der Waals surface area contributed by atoms with Crippen molar-refractivity contribution in [2.24, 2.45) is 5.10 Å². The number of carbonyl (C=O) groups excluding carboxylic acids is 1. The summed E-state index contributed by atoms with van der Waals surface area (Å²) < 4.78 is 11.3. The predicted molar refractivity (Wildman–Crippen MR) is 112 cm³/mol. The lowest BCUT2D eigenvalue weighted by molar-refractivity contribution is -0.394. The molecule has 13 heteroatoms. The number of amides is 1. The number of ether oxygens (including phenoxy) is 2. The number of carbonyl (C=O) groups is 1. The summed E-state index contributed by atoms with van der Waals surface area (Å²) in [5.41, 5.74) is -0.700. The number of hydrogen-bond donors (Lipinski definition) is 0. The van der Waals surface area contributed by atoms with Crippen LogP contribution in [0.5, 0.6) is 17.2 Å². The summed E-state index contributed by atoms with van der Waals surface area (Å²) in [6, 6.07) is 7.80. The van der Waals surface area contributed by atoms with E-state index in [2.05, 4.69) is 5.10 Å². The number of thiocarbonyl (C=S) groups is 1. The molecular formula is C17H12N4O7S2. The highest BCUT2D eigenvalue weighted by Crippen LogP contribution is 2.39. The molecule has 1 fully saturated rings. The third kappa shape index (κ3) is 4.36. The highest BCUT2D eigenvalue weighted by atomic mass is 32.2. The molecule has 0 spiro atoms. The van der Waals surface area contributed by atoms with Crippen molar-refractivity contribution >= 4 is 51.8 Å². The van der Waals surface area contributed by atoms with E-state index in [0.29, 0.717) is 9.88 Å². The first kappa shape index (κ1) is 21.1. The summed E-state index contributed by atoms with van der Waals surface area (Å²) in [4.78, 5) is 32.6. The summed E-state index contributed by atoms with van der Waals surface area (Å²) in [6.45, 7) is 0. The van der Waals surface area contributed by atoms with Crippen molar-refractivity contribution in [2.75, 3.05) is 12.9 Å². The van der Waals surface area contributed by atoms with E-state index in [1.54, 1.807) is 18.2 Å². The average molecular weight is 448 g/mol. The maximum absolute atomic E-state index is 11.8. The van der Waals surface area contributed by atoms with Gasteiger partial charge in [0, 0.05) is 11.6 Å². The number of nitro groups is 2. The molecular weight excluding hydrogens is 436 g/mol. The number of nitro benzene ring substituents is 2. The molecule has 154 valence electrons. The maximum atomic E-state index is 11.8. The van der Waals surface area contributed by atoms with Gasteiger partial charge < -0.3 is 9.47 Å². The van der Waals surface area contributed by atoms with Crippen molar-refractivity contribution in [1.29, 1.82) is 0 Å². The first-order chi connectivity index (χ1) is 14.3. The SMILES string of the molecule is COc1cccc(/C=N/N2C(=O)CSC2=S)c1Oc1ccc([N+](=O)[O-])cc1[N+](=O)[O-]. The lowest BCUT2D eigenvalue weighted by Crippen LogP contribution is -2.22. The van der Waals surface area contributed by atoms with Gasteiger partial charge in [0.25, 0.3) is 11.6 Å². The molecule has 0 N–H and O–H groups in total. The first-order valence-electron chi connectivity index (χ1n) is 8.13. The Bertz CT molecular complexity index is 1070. The van der Waals surface area contributed by atoms with E-state index in [0.717, 1.165) is 23.2 Å². The van der Waals surface area contributed by atoms with Gasteiger partial charge in [0.05, 0.1) is 35.0 Å². The van der Waals surface area contributed by atoms with Gasteiger partial charge in [-0.05, 0) is 18.2 Å². The van der Waals surface area contributed by atoms with Crippen LogP contribution in [0.25, 0.3) is 0 Å². The topological polar surface area (TPSA) is 137 Å². The molecule has 0 radical (unpaired) electrons. The van der Waals surface area contributed by atoms with Gasteiger partial charge in [-0.3, -0.25) is 25.0 Å². The molecule has 0 atom stereocenters. The Balaban J connectivity index is 2.02. The van der Waals surface area contributed by atoms with E-state index in [-0.39, 0.29) is 28.9 Å². The van der Waals surface area contributed by atoms with Crippen LogP contribution < -0.4 is 9.47 Å². The molecule has 1 heterocycles. The zero-order chi connectivity index (χ0) is 21.8. The van der Waals surface area contributed by atoms with Gasteiger partial charge in [0.2, 0.25) is 5.75 Å². The number of rotatable bonds is 7. The second-order valence-corrected chi connectivity index (χ2v) is 7.26. The number of para-hydroxylation sites is 1. The molecule has 0 aliphatic carbocycles. The van der Waals surface area contributed by atoms with Crippen molar-refractivity contribution in [1.82, 2.24) is 5.01 Å². The van der Waals surface area contributed by atoms with Crippen molar-refractivity contribution in [2.45, 2.75) is 0 Å². The van der Waals surface area contributed by atoms with E-state index in [1.165, 1.54) is 25.1 Å². The molecule has 30 heavy (non-hydrogen) atoms. The van der Waals surface area contributed by atoms with Crippen LogP contribution >= 0.6 is 24.0 Å². The molecule has 0 saturated carbocycles. The number of nitrogens with zero attached hydrogens (tertiary/aromatic N) is 4. The number of methoxy groups -OCH3 is 1. The second kappa shape index (κ2) is 8.84. The predicted octanol–water partition coefficient (Wildman–Crippen LogP) is 3.50. The molecule has 1 saturated heterocycles. The van der Waals surface area contributed by atoms with Gasteiger partial charge >= 0.3 is 5.69 Å². The minimum atomic E-state index is -0.788. The molecule has 1 aliphatic heterocycles. The Morgan fingerprint density at radius 1 is 1.20 bits per heavy atom. The van der Waals surface area contributed by atoms with E-state index in [4.69, 9.17) is 21.7 Å². The summed E-state index contributed by atoms with van der Waals surface area (Å²) in [5.74, 6) is -0.0139. The molecule has 1 amide bonds. The molecule has 0 unspecified atom stereocenters. The van der Waals surface area contributed by atoms with Gasteiger partial charge in [-0.1, -0.05) is 30.0 Å². The zero-order valence-corrected chi connectivity index (χ0v) is 16.8. The van der Waals surface area contributed by atoms with Crippen LogP contribution in [0.2, 0.25) is 0 Å². The largest absolute Gasteiger partial charge is 0.493 e. The minimum Gasteiger partial charge on any atom is -0.493 e. The van der Waals surface area contributed by atoms with E-state index >= 15 is 0 Å². The van der Waals surface area contributed by atoms with Gasteiger partial charge in [0.15, 0.2) is 15.8 Å². The van der Waals surface area contributed by atoms with Crippen molar-refractivity contribution < 1.29 is 24.1 Å². The number of thioether (sulfide) groups is 1.